The number of anilines is 1. The van der Waals surface area contributed by atoms with Gasteiger partial charge in [-0.1, -0.05) is 22.0 Å². The third-order valence-corrected chi connectivity index (χ3v) is 5.40. The maximum atomic E-state index is 12.2. The number of benzene rings is 1. The summed E-state index contributed by atoms with van der Waals surface area (Å²) in [5, 5.41) is 6.87. The van der Waals surface area contributed by atoms with E-state index in [1.54, 1.807) is 29.2 Å². The number of amides is 1. The van der Waals surface area contributed by atoms with Crippen molar-refractivity contribution >= 4 is 37.5 Å². The summed E-state index contributed by atoms with van der Waals surface area (Å²) < 4.78 is 29.2. The van der Waals surface area contributed by atoms with Crippen molar-refractivity contribution < 1.29 is 13.2 Å². The first-order valence-electron chi connectivity index (χ1n) is 7.98. The third kappa shape index (κ3) is 6.52. The summed E-state index contributed by atoms with van der Waals surface area (Å²) in [6.45, 7) is 1.57. The molecular weight excluding hydrogens is 422 g/mol. The second-order valence-corrected chi connectivity index (χ2v) is 8.63. The zero-order valence-corrected chi connectivity index (χ0v) is 17.0. The predicted molar refractivity (Wildman–Crippen MR) is 103 cm³/mol. The number of rotatable bonds is 9. The average Bonchev–Trinajstić information content (AvgIpc) is 3.00. The van der Waals surface area contributed by atoms with E-state index in [2.05, 4.69) is 31.1 Å². The van der Waals surface area contributed by atoms with Gasteiger partial charge in [0.1, 0.15) is 0 Å². The van der Waals surface area contributed by atoms with Gasteiger partial charge in [-0.3, -0.25) is 9.48 Å². The van der Waals surface area contributed by atoms with Crippen LogP contribution in [0.25, 0.3) is 0 Å². The Labute approximate surface area is 161 Å². The molecule has 1 amide bonds. The lowest BCUT2D eigenvalue weighted by Crippen LogP contribution is -2.27. The van der Waals surface area contributed by atoms with Crippen LogP contribution in [-0.4, -0.2) is 56.2 Å². The lowest BCUT2D eigenvalue weighted by atomic mass is 10.4. The Morgan fingerprint density at radius 3 is 2.81 bits per heavy atom. The molecule has 0 bridgehead atoms. The molecule has 26 heavy (non-hydrogen) atoms. The molecule has 0 aliphatic heterocycles. The van der Waals surface area contributed by atoms with Crippen LogP contribution in [0.4, 0.5) is 5.69 Å². The first kappa shape index (κ1) is 20.6. The number of nitrogens with one attached hydrogen (secondary N) is 2. The van der Waals surface area contributed by atoms with Gasteiger partial charge in [-0.05, 0) is 32.3 Å². The number of aromatic nitrogens is 2. The standard InChI is InChI=1S/C16H22BrN5O3S/c1-21(2)8-9-22-12-14(11-18-22)20-16(23)6-7-19-26(24,25)15-5-3-4-13(17)10-15/h3-5,10-12,19H,6-9H2,1-2H3,(H,20,23). The topological polar surface area (TPSA) is 96.3 Å². The number of hydrogen-bond donors (Lipinski definition) is 2. The maximum Gasteiger partial charge on any atom is 0.240 e. The molecule has 142 valence electrons. The summed E-state index contributed by atoms with van der Waals surface area (Å²) in [6.07, 6.45) is 3.34. The smallest absolute Gasteiger partial charge is 0.240 e. The van der Waals surface area contributed by atoms with Crippen molar-refractivity contribution in [3.8, 4) is 0 Å². The first-order valence-corrected chi connectivity index (χ1v) is 10.3. The molecule has 0 atom stereocenters. The highest BCUT2D eigenvalue weighted by molar-refractivity contribution is 9.10. The van der Waals surface area contributed by atoms with Crippen LogP contribution in [0.5, 0.6) is 0 Å². The van der Waals surface area contributed by atoms with Gasteiger partial charge in [-0.25, -0.2) is 13.1 Å². The van der Waals surface area contributed by atoms with E-state index in [9.17, 15) is 13.2 Å². The van der Waals surface area contributed by atoms with E-state index in [4.69, 9.17) is 0 Å². The van der Waals surface area contributed by atoms with Gasteiger partial charge in [0, 0.05) is 30.2 Å². The average molecular weight is 444 g/mol. The minimum absolute atomic E-state index is 0.00937. The van der Waals surface area contributed by atoms with Gasteiger partial charge >= 0.3 is 0 Å². The highest BCUT2D eigenvalue weighted by Crippen LogP contribution is 2.15. The molecule has 0 saturated heterocycles. The van der Waals surface area contributed by atoms with Crippen molar-refractivity contribution in [2.75, 3.05) is 32.5 Å². The van der Waals surface area contributed by atoms with Crippen LogP contribution < -0.4 is 10.0 Å². The highest BCUT2D eigenvalue weighted by Gasteiger charge is 2.14. The van der Waals surface area contributed by atoms with E-state index in [1.165, 1.54) is 12.1 Å². The Hall–Kier alpha value is -1.75. The Morgan fingerprint density at radius 2 is 2.12 bits per heavy atom. The number of sulfonamides is 1. The maximum absolute atomic E-state index is 12.2. The van der Waals surface area contributed by atoms with Crippen molar-refractivity contribution in [3.05, 3.63) is 41.1 Å². The van der Waals surface area contributed by atoms with Gasteiger partial charge < -0.3 is 10.2 Å². The lowest BCUT2D eigenvalue weighted by Gasteiger charge is -2.08. The second kappa shape index (κ2) is 9.26. The van der Waals surface area contributed by atoms with Crippen molar-refractivity contribution in [2.24, 2.45) is 0 Å². The Morgan fingerprint density at radius 1 is 1.35 bits per heavy atom. The lowest BCUT2D eigenvalue weighted by molar-refractivity contribution is -0.116. The Bertz CT molecular complexity index is 851. The third-order valence-electron chi connectivity index (χ3n) is 3.44. The van der Waals surface area contributed by atoms with E-state index in [-0.39, 0.29) is 23.8 Å². The molecule has 0 radical (unpaired) electrons. The number of carbonyl (C=O) groups excluding carboxylic acids is 1. The van der Waals surface area contributed by atoms with Crippen molar-refractivity contribution in [1.29, 1.82) is 0 Å². The molecule has 2 N–H and O–H groups in total. The molecule has 8 nitrogen and oxygen atoms in total. The summed E-state index contributed by atoms with van der Waals surface area (Å²) in [7, 11) is 0.303. The van der Waals surface area contributed by atoms with Crippen molar-refractivity contribution in [3.63, 3.8) is 0 Å². The normalized spacial score (nSPS) is 11.7. The fourth-order valence-corrected chi connectivity index (χ4v) is 3.72. The number of halogens is 1. The molecule has 1 aromatic heterocycles. The zero-order valence-electron chi connectivity index (χ0n) is 14.6. The summed E-state index contributed by atoms with van der Waals surface area (Å²) in [6, 6.07) is 6.38. The minimum Gasteiger partial charge on any atom is -0.323 e. The molecular formula is C16H22BrN5O3S. The zero-order chi connectivity index (χ0) is 19.2. The summed E-state index contributed by atoms with van der Waals surface area (Å²) in [5.41, 5.74) is 0.587. The van der Waals surface area contributed by atoms with Gasteiger partial charge in [-0.15, -0.1) is 0 Å². The molecule has 0 aliphatic carbocycles. The van der Waals surface area contributed by atoms with Gasteiger partial charge in [0.15, 0.2) is 0 Å². The molecule has 0 saturated carbocycles. The van der Waals surface area contributed by atoms with E-state index in [0.717, 1.165) is 13.1 Å². The van der Waals surface area contributed by atoms with Crippen molar-refractivity contribution in [2.45, 2.75) is 17.9 Å². The summed E-state index contributed by atoms with van der Waals surface area (Å²) in [5.74, 6) is -0.283. The minimum atomic E-state index is -3.64. The quantitative estimate of drug-likeness (QED) is 0.612. The molecule has 1 heterocycles. The molecule has 0 aliphatic rings. The number of carbonyl (C=O) groups is 1. The predicted octanol–water partition coefficient (Wildman–Crippen LogP) is 1.51. The summed E-state index contributed by atoms with van der Waals surface area (Å²) >= 11 is 3.24. The van der Waals surface area contributed by atoms with Crippen LogP contribution in [0.2, 0.25) is 0 Å². The Balaban J connectivity index is 1.80. The Kier molecular flexibility index (Phi) is 7.33. The van der Waals surface area contributed by atoms with Gasteiger partial charge in [0.2, 0.25) is 15.9 Å². The highest BCUT2D eigenvalue weighted by atomic mass is 79.9. The van der Waals surface area contributed by atoms with Gasteiger partial charge in [-0.2, -0.15) is 5.10 Å². The van der Waals surface area contributed by atoms with Crippen molar-refractivity contribution in [1.82, 2.24) is 19.4 Å². The number of likely N-dealkylation sites (N-methyl/N-ethyl adjacent to an activating group) is 1. The molecule has 0 unspecified atom stereocenters. The van der Waals surface area contributed by atoms with Gasteiger partial charge in [0.25, 0.3) is 0 Å². The van der Waals surface area contributed by atoms with E-state index in [0.29, 0.717) is 10.2 Å². The summed E-state index contributed by atoms with van der Waals surface area (Å²) in [4.78, 5) is 14.2. The molecule has 1 aromatic carbocycles. The van der Waals surface area contributed by atoms with Crippen LogP contribution in [0, 0.1) is 0 Å². The van der Waals surface area contributed by atoms with Crippen LogP contribution in [0.1, 0.15) is 6.42 Å². The van der Waals surface area contributed by atoms with E-state index < -0.39 is 10.0 Å². The van der Waals surface area contributed by atoms with Crippen LogP contribution in [0.3, 0.4) is 0 Å². The fraction of sp³-hybridized carbons (Fsp3) is 0.375. The molecule has 0 fully saturated rings. The molecule has 10 heteroatoms. The number of nitrogens with zero attached hydrogens (tertiary/aromatic N) is 3. The molecule has 2 rings (SSSR count). The SMILES string of the molecule is CN(C)CCn1cc(NC(=O)CCNS(=O)(=O)c2cccc(Br)c2)cn1. The number of hydrogen-bond acceptors (Lipinski definition) is 5. The van der Waals surface area contributed by atoms with Crippen LogP contribution in [0.15, 0.2) is 46.0 Å². The molecule has 0 spiro atoms. The van der Waals surface area contributed by atoms with E-state index in [1.807, 2.05) is 19.0 Å². The van der Waals surface area contributed by atoms with Crippen LogP contribution in [-0.2, 0) is 21.4 Å². The van der Waals surface area contributed by atoms with Crippen LogP contribution >= 0.6 is 15.9 Å². The monoisotopic (exact) mass is 443 g/mol. The second-order valence-electron chi connectivity index (χ2n) is 5.95. The van der Waals surface area contributed by atoms with E-state index >= 15 is 0 Å². The largest absolute Gasteiger partial charge is 0.323 e. The fourth-order valence-electron chi connectivity index (χ4n) is 2.09. The first-order chi connectivity index (χ1) is 12.3. The molecule has 2 aromatic rings. The van der Waals surface area contributed by atoms with Gasteiger partial charge in [0.05, 0.1) is 23.3 Å².